The first-order valence-corrected chi connectivity index (χ1v) is 10.1. The van der Waals surface area contributed by atoms with Crippen molar-refractivity contribution >= 4 is 11.8 Å². The summed E-state index contributed by atoms with van der Waals surface area (Å²) in [7, 11) is 0. The van der Waals surface area contributed by atoms with Crippen LogP contribution in [0, 0.1) is 5.92 Å². The Morgan fingerprint density at radius 3 is 2.37 bits per heavy atom. The van der Waals surface area contributed by atoms with Gasteiger partial charge in [0.25, 0.3) is 0 Å². The van der Waals surface area contributed by atoms with Crippen molar-refractivity contribution in [3.05, 3.63) is 72.1 Å². The summed E-state index contributed by atoms with van der Waals surface area (Å²) in [4.78, 5) is 27.0. The van der Waals surface area contributed by atoms with Crippen LogP contribution in [0.3, 0.4) is 0 Å². The van der Waals surface area contributed by atoms with Crippen molar-refractivity contribution in [2.75, 3.05) is 13.1 Å². The molecule has 1 fully saturated rings. The van der Waals surface area contributed by atoms with E-state index >= 15 is 0 Å². The van der Waals surface area contributed by atoms with Gasteiger partial charge in [-0.05, 0) is 46.5 Å². The van der Waals surface area contributed by atoms with Crippen LogP contribution in [0.1, 0.15) is 24.0 Å². The van der Waals surface area contributed by atoms with Gasteiger partial charge in [-0.1, -0.05) is 42.5 Å². The van der Waals surface area contributed by atoms with Gasteiger partial charge in [0.15, 0.2) is 0 Å². The minimum Gasteiger partial charge on any atom is -0.352 e. The van der Waals surface area contributed by atoms with E-state index in [1.54, 1.807) is 4.68 Å². The molecule has 2 aromatic carbocycles. The molecule has 1 aromatic heterocycles. The molecule has 154 valence electrons. The van der Waals surface area contributed by atoms with E-state index < -0.39 is 0 Å². The highest BCUT2D eigenvalue weighted by Crippen LogP contribution is 2.19. The number of hydrogen-bond donors (Lipinski definition) is 1. The lowest BCUT2D eigenvalue weighted by Gasteiger charge is -2.31. The monoisotopic (exact) mass is 404 g/mol. The number of piperidine rings is 1. The summed E-state index contributed by atoms with van der Waals surface area (Å²) in [6.45, 7) is 1.77. The molecule has 4 rings (SSSR count). The molecule has 0 unspecified atom stereocenters. The minimum atomic E-state index is -0.0339. The summed E-state index contributed by atoms with van der Waals surface area (Å²) in [5.74, 6) is 0.130. The number of hydrogen-bond acceptors (Lipinski definition) is 5. The molecule has 0 atom stereocenters. The van der Waals surface area contributed by atoms with Gasteiger partial charge in [-0.2, -0.15) is 0 Å². The number of nitrogens with zero attached hydrogens (tertiary/aromatic N) is 5. The minimum absolute atomic E-state index is 0.0339. The third-order valence-corrected chi connectivity index (χ3v) is 5.43. The highest BCUT2D eigenvalue weighted by molar-refractivity contribution is 5.81. The fourth-order valence-corrected chi connectivity index (χ4v) is 3.65. The van der Waals surface area contributed by atoms with E-state index in [0.29, 0.717) is 38.9 Å². The van der Waals surface area contributed by atoms with Crippen LogP contribution >= 0.6 is 0 Å². The number of rotatable bonds is 6. The molecule has 8 nitrogen and oxygen atoms in total. The zero-order valence-electron chi connectivity index (χ0n) is 16.6. The number of amides is 2. The van der Waals surface area contributed by atoms with Crippen LogP contribution in [0.4, 0.5) is 0 Å². The zero-order chi connectivity index (χ0) is 20.8. The van der Waals surface area contributed by atoms with E-state index in [2.05, 4.69) is 20.8 Å². The van der Waals surface area contributed by atoms with Crippen LogP contribution in [0.5, 0.6) is 0 Å². The topological polar surface area (TPSA) is 93.0 Å². The van der Waals surface area contributed by atoms with Gasteiger partial charge < -0.3 is 10.2 Å². The van der Waals surface area contributed by atoms with Crippen molar-refractivity contribution in [3.63, 3.8) is 0 Å². The summed E-state index contributed by atoms with van der Waals surface area (Å²) < 4.78 is 1.57. The predicted molar refractivity (Wildman–Crippen MR) is 110 cm³/mol. The van der Waals surface area contributed by atoms with Crippen molar-refractivity contribution in [1.82, 2.24) is 30.4 Å². The lowest BCUT2D eigenvalue weighted by atomic mass is 9.95. The van der Waals surface area contributed by atoms with E-state index in [1.165, 1.54) is 6.33 Å². The Morgan fingerprint density at radius 1 is 0.967 bits per heavy atom. The number of tetrazole rings is 1. The molecule has 1 aliphatic heterocycles. The van der Waals surface area contributed by atoms with Crippen LogP contribution in [0.2, 0.25) is 0 Å². The van der Waals surface area contributed by atoms with Gasteiger partial charge in [0.05, 0.1) is 12.1 Å². The third-order valence-electron chi connectivity index (χ3n) is 5.43. The maximum Gasteiger partial charge on any atom is 0.226 e. The first-order chi connectivity index (χ1) is 14.7. The largest absolute Gasteiger partial charge is 0.352 e. The normalized spacial score (nSPS) is 14.5. The first kappa shape index (κ1) is 19.8. The van der Waals surface area contributed by atoms with Crippen LogP contribution in [-0.2, 0) is 22.6 Å². The van der Waals surface area contributed by atoms with Crippen molar-refractivity contribution in [2.24, 2.45) is 5.92 Å². The molecular weight excluding hydrogens is 380 g/mol. The standard InChI is InChI=1S/C22H24N6O2/c29-21(14-17-6-8-20(9-7-17)28-16-24-25-26-28)27-12-10-19(11-13-27)22(30)23-15-18-4-2-1-3-5-18/h1-9,16,19H,10-15H2,(H,23,30). The molecule has 1 N–H and O–H groups in total. The smallest absolute Gasteiger partial charge is 0.226 e. The van der Waals surface area contributed by atoms with Crippen molar-refractivity contribution in [2.45, 2.75) is 25.8 Å². The van der Waals surface area contributed by atoms with Gasteiger partial charge in [0.1, 0.15) is 6.33 Å². The molecule has 0 bridgehead atoms. The summed E-state index contributed by atoms with van der Waals surface area (Å²) in [5, 5.41) is 14.1. The Labute approximate surface area is 174 Å². The second-order valence-electron chi connectivity index (χ2n) is 7.46. The number of likely N-dealkylation sites (tertiary alicyclic amines) is 1. The summed E-state index contributed by atoms with van der Waals surface area (Å²) >= 11 is 0. The Morgan fingerprint density at radius 2 is 1.70 bits per heavy atom. The molecule has 8 heteroatoms. The van der Waals surface area contributed by atoms with Gasteiger partial charge in [-0.3, -0.25) is 9.59 Å². The maximum atomic E-state index is 12.7. The lowest BCUT2D eigenvalue weighted by Crippen LogP contribution is -2.43. The van der Waals surface area contributed by atoms with Crippen LogP contribution in [0.15, 0.2) is 60.9 Å². The molecular formula is C22H24N6O2. The number of carbonyl (C=O) groups is 2. The average molecular weight is 404 g/mol. The molecule has 0 radical (unpaired) electrons. The van der Waals surface area contributed by atoms with Crippen molar-refractivity contribution in [1.29, 1.82) is 0 Å². The van der Waals surface area contributed by atoms with E-state index in [4.69, 9.17) is 0 Å². The van der Waals surface area contributed by atoms with E-state index in [9.17, 15) is 9.59 Å². The quantitative estimate of drug-likeness (QED) is 0.676. The van der Waals surface area contributed by atoms with Crippen LogP contribution < -0.4 is 5.32 Å². The average Bonchev–Trinajstić information content (AvgIpc) is 3.34. The molecule has 30 heavy (non-hydrogen) atoms. The van der Waals surface area contributed by atoms with Gasteiger partial charge in [-0.25, -0.2) is 4.68 Å². The van der Waals surface area contributed by atoms with E-state index in [0.717, 1.165) is 16.8 Å². The fourth-order valence-electron chi connectivity index (χ4n) is 3.65. The Balaban J connectivity index is 1.23. The van der Waals surface area contributed by atoms with Crippen LogP contribution in [-0.4, -0.2) is 50.0 Å². The van der Waals surface area contributed by atoms with Crippen LogP contribution in [0.25, 0.3) is 5.69 Å². The summed E-state index contributed by atoms with van der Waals surface area (Å²) in [6, 6.07) is 17.5. The number of benzene rings is 2. The Kier molecular flexibility index (Phi) is 6.12. The second-order valence-corrected chi connectivity index (χ2v) is 7.46. The fraction of sp³-hybridized carbons (Fsp3) is 0.318. The summed E-state index contributed by atoms with van der Waals surface area (Å²) in [6.07, 6.45) is 3.27. The molecule has 0 saturated carbocycles. The third kappa shape index (κ3) is 4.89. The Hall–Kier alpha value is -3.55. The van der Waals surface area contributed by atoms with Gasteiger partial charge in [-0.15, -0.1) is 5.10 Å². The molecule has 1 saturated heterocycles. The van der Waals surface area contributed by atoms with E-state index in [1.807, 2.05) is 59.5 Å². The second kappa shape index (κ2) is 9.30. The van der Waals surface area contributed by atoms with Gasteiger partial charge in [0, 0.05) is 25.6 Å². The molecule has 0 aliphatic carbocycles. The molecule has 3 aromatic rings. The summed E-state index contributed by atoms with van der Waals surface area (Å²) in [5.41, 5.74) is 2.88. The van der Waals surface area contributed by atoms with Crippen molar-refractivity contribution < 1.29 is 9.59 Å². The molecule has 2 amide bonds. The van der Waals surface area contributed by atoms with Crippen molar-refractivity contribution in [3.8, 4) is 5.69 Å². The van der Waals surface area contributed by atoms with Gasteiger partial charge >= 0.3 is 0 Å². The van der Waals surface area contributed by atoms with Gasteiger partial charge in [0.2, 0.25) is 11.8 Å². The number of nitrogens with one attached hydrogen (secondary N) is 1. The highest BCUT2D eigenvalue weighted by Gasteiger charge is 2.27. The Bertz CT molecular complexity index is 965. The molecule has 2 heterocycles. The zero-order valence-corrected chi connectivity index (χ0v) is 16.6. The number of carbonyl (C=O) groups excluding carboxylic acids is 2. The number of aromatic nitrogens is 4. The lowest BCUT2D eigenvalue weighted by molar-refractivity contribution is -0.135. The first-order valence-electron chi connectivity index (χ1n) is 10.1. The maximum absolute atomic E-state index is 12.7. The molecule has 0 spiro atoms. The SMILES string of the molecule is O=C(NCc1ccccc1)C1CCN(C(=O)Cc2ccc(-n3cnnn3)cc2)CC1. The highest BCUT2D eigenvalue weighted by atomic mass is 16.2. The molecule has 1 aliphatic rings. The predicted octanol–water partition coefficient (Wildman–Crippen LogP) is 1.76. The van der Waals surface area contributed by atoms with E-state index in [-0.39, 0.29) is 17.7 Å².